The zero-order chi connectivity index (χ0) is 14.5. The Kier molecular flexibility index (Phi) is 5.80. The monoisotopic (exact) mass is 266 g/mol. The molecule has 1 aliphatic rings. The molecule has 0 amide bonds. The van der Waals surface area contributed by atoms with Gasteiger partial charge in [0, 0.05) is 12.5 Å². The number of rotatable bonds is 4. The second kappa shape index (κ2) is 6.90. The summed E-state index contributed by atoms with van der Waals surface area (Å²) in [5.41, 5.74) is -0.540. The van der Waals surface area contributed by atoms with Gasteiger partial charge < -0.3 is 9.84 Å². The Bertz CT molecular complexity index is 357. The molecular formula is C16H26O3. The molecule has 0 aliphatic heterocycles. The number of aliphatic hydroxyl groups is 1. The molecule has 0 aromatic rings. The lowest BCUT2D eigenvalue weighted by atomic mass is 9.73. The number of hydrogen-bond acceptors (Lipinski definition) is 3. The lowest BCUT2D eigenvalue weighted by molar-refractivity contribution is -0.162. The van der Waals surface area contributed by atoms with Crippen molar-refractivity contribution in [3.8, 4) is 0 Å². The van der Waals surface area contributed by atoms with Gasteiger partial charge in [-0.2, -0.15) is 0 Å². The zero-order valence-electron chi connectivity index (χ0n) is 12.4. The first-order chi connectivity index (χ1) is 8.88. The lowest BCUT2D eigenvalue weighted by Gasteiger charge is -2.41. The maximum Gasteiger partial charge on any atom is 0.331 e. The van der Waals surface area contributed by atoms with Crippen LogP contribution in [0, 0.1) is 11.8 Å². The number of ether oxygens (including phenoxy) is 1. The first kappa shape index (κ1) is 16.0. The Morgan fingerprint density at radius 2 is 2.11 bits per heavy atom. The molecule has 0 bridgehead atoms. The predicted molar refractivity (Wildman–Crippen MR) is 76.6 cm³/mol. The summed E-state index contributed by atoms with van der Waals surface area (Å²) in [6.07, 6.45) is 8.59. The molecule has 0 unspecified atom stereocenters. The van der Waals surface area contributed by atoms with E-state index in [4.69, 9.17) is 4.74 Å². The van der Waals surface area contributed by atoms with Crippen molar-refractivity contribution in [3.63, 3.8) is 0 Å². The van der Waals surface area contributed by atoms with E-state index in [2.05, 4.69) is 13.8 Å². The summed E-state index contributed by atoms with van der Waals surface area (Å²) in [4.78, 5) is 11.7. The number of esters is 1. The van der Waals surface area contributed by atoms with E-state index in [0.29, 0.717) is 18.3 Å². The smallest absolute Gasteiger partial charge is 0.331 e. The van der Waals surface area contributed by atoms with Gasteiger partial charge in [0.25, 0.3) is 0 Å². The van der Waals surface area contributed by atoms with Crippen LogP contribution >= 0.6 is 0 Å². The summed E-state index contributed by atoms with van der Waals surface area (Å²) in [6, 6.07) is 0. The highest BCUT2D eigenvalue weighted by molar-refractivity contribution is 5.82. The summed E-state index contributed by atoms with van der Waals surface area (Å²) in [5, 5.41) is 10.2. The zero-order valence-corrected chi connectivity index (χ0v) is 12.4. The second-order valence-corrected chi connectivity index (χ2v) is 5.97. The van der Waals surface area contributed by atoms with Crippen LogP contribution in [0.1, 0.15) is 47.0 Å². The minimum absolute atomic E-state index is 0.311. The van der Waals surface area contributed by atoms with Gasteiger partial charge in [-0.05, 0) is 38.5 Å². The van der Waals surface area contributed by atoms with Crippen LogP contribution in [0.3, 0.4) is 0 Å². The fourth-order valence-electron chi connectivity index (χ4n) is 2.75. The largest absolute Gasteiger partial charge is 0.456 e. The lowest BCUT2D eigenvalue weighted by Crippen LogP contribution is -2.44. The summed E-state index contributed by atoms with van der Waals surface area (Å²) >= 11 is 0. The number of carbonyl (C=O) groups is 1. The van der Waals surface area contributed by atoms with Gasteiger partial charge in [-0.25, -0.2) is 4.79 Å². The van der Waals surface area contributed by atoms with Gasteiger partial charge in [-0.1, -0.05) is 32.1 Å². The van der Waals surface area contributed by atoms with E-state index in [-0.39, 0.29) is 12.1 Å². The van der Waals surface area contributed by atoms with Crippen LogP contribution in [-0.2, 0) is 9.53 Å². The minimum atomic E-state index is -0.540. The number of hydrogen-bond donors (Lipinski definition) is 1. The molecule has 1 fully saturated rings. The van der Waals surface area contributed by atoms with Gasteiger partial charge in [0.1, 0.15) is 5.60 Å². The van der Waals surface area contributed by atoms with E-state index in [1.54, 1.807) is 12.2 Å². The highest BCUT2D eigenvalue weighted by atomic mass is 16.6. The van der Waals surface area contributed by atoms with Gasteiger partial charge >= 0.3 is 5.97 Å². The fraction of sp³-hybridized carbons (Fsp3) is 0.688. The van der Waals surface area contributed by atoms with Crippen LogP contribution in [0.4, 0.5) is 0 Å². The Morgan fingerprint density at radius 1 is 1.42 bits per heavy atom. The molecule has 3 heteroatoms. The van der Waals surface area contributed by atoms with E-state index in [1.165, 1.54) is 6.08 Å². The molecule has 0 saturated heterocycles. The van der Waals surface area contributed by atoms with Crippen molar-refractivity contribution in [1.29, 1.82) is 0 Å². The van der Waals surface area contributed by atoms with Crippen LogP contribution in [0.15, 0.2) is 24.3 Å². The van der Waals surface area contributed by atoms with Gasteiger partial charge in [0.2, 0.25) is 0 Å². The molecule has 108 valence electrons. The topological polar surface area (TPSA) is 46.5 Å². The van der Waals surface area contributed by atoms with E-state index in [0.717, 1.165) is 12.8 Å². The maximum atomic E-state index is 11.7. The van der Waals surface area contributed by atoms with Crippen molar-refractivity contribution in [2.45, 2.75) is 58.7 Å². The van der Waals surface area contributed by atoms with Crippen molar-refractivity contribution >= 4 is 5.97 Å². The summed E-state index contributed by atoms with van der Waals surface area (Å²) in [7, 11) is 0. The van der Waals surface area contributed by atoms with Crippen molar-refractivity contribution in [1.82, 2.24) is 0 Å². The molecule has 3 nitrogen and oxygen atoms in total. The van der Waals surface area contributed by atoms with Crippen molar-refractivity contribution in [3.05, 3.63) is 24.3 Å². The summed E-state index contributed by atoms with van der Waals surface area (Å²) < 4.78 is 5.50. The number of aliphatic hydroxyl groups excluding tert-OH is 1. The van der Waals surface area contributed by atoms with Crippen molar-refractivity contribution in [2.75, 3.05) is 0 Å². The molecule has 3 atom stereocenters. The Hall–Kier alpha value is -1.09. The van der Waals surface area contributed by atoms with Gasteiger partial charge in [0.05, 0.1) is 6.10 Å². The SMILES string of the molecule is C/C=C/C=C/C(=O)O[C@]1(C)CC[C@@H](C(C)C)[C@H](O)C1. The standard InChI is InChI=1S/C16H26O3/c1-5-6-7-8-15(18)19-16(4)10-9-13(12(2)3)14(17)11-16/h5-8,12-14,17H,9-11H2,1-4H3/b6-5+,8-7+/t13-,14+,16+/m0/s1. The van der Waals surface area contributed by atoms with Crippen LogP contribution in [0.2, 0.25) is 0 Å². The van der Waals surface area contributed by atoms with Crippen LogP contribution in [-0.4, -0.2) is 22.8 Å². The molecule has 0 aromatic heterocycles. The third-order valence-corrected chi connectivity index (χ3v) is 3.88. The number of carbonyl (C=O) groups excluding carboxylic acids is 1. The average molecular weight is 266 g/mol. The Balaban J connectivity index is 2.57. The third kappa shape index (κ3) is 4.83. The van der Waals surface area contributed by atoms with Crippen molar-refractivity contribution < 1.29 is 14.6 Å². The Morgan fingerprint density at radius 3 is 2.63 bits per heavy atom. The van der Waals surface area contributed by atoms with E-state index < -0.39 is 5.60 Å². The molecule has 19 heavy (non-hydrogen) atoms. The quantitative estimate of drug-likeness (QED) is 0.483. The molecule has 0 spiro atoms. The fourth-order valence-corrected chi connectivity index (χ4v) is 2.75. The highest BCUT2D eigenvalue weighted by Gasteiger charge is 2.40. The second-order valence-electron chi connectivity index (χ2n) is 5.97. The highest BCUT2D eigenvalue weighted by Crippen LogP contribution is 2.38. The van der Waals surface area contributed by atoms with Crippen LogP contribution in [0.25, 0.3) is 0 Å². The Labute approximate surface area is 116 Å². The molecular weight excluding hydrogens is 240 g/mol. The minimum Gasteiger partial charge on any atom is -0.456 e. The molecule has 0 radical (unpaired) electrons. The third-order valence-electron chi connectivity index (χ3n) is 3.88. The average Bonchev–Trinajstić information content (AvgIpc) is 2.27. The first-order valence-electron chi connectivity index (χ1n) is 7.08. The van der Waals surface area contributed by atoms with E-state index >= 15 is 0 Å². The van der Waals surface area contributed by atoms with Crippen LogP contribution < -0.4 is 0 Å². The van der Waals surface area contributed by atoms with Gasteiger partial charge in [0.15, 0.2) is 0 Å². The summed E-state index contributed by atoms with van der Waals surface area (Å²) in [6.45, 7) is 8.06. The van der Waals surface area contributed by atoms with E-state index in [9.17, 15) is 9.90 Å². The van der Waals surface area contributed by atoms with E-state index in [1.807, 2.05) is 19.9 Å². The predicted octanol–water partition coefficient (Wildman–Crippen LogP) is 3.24. The first-order valence-corrected chi connectivity index (χ1v) is 7.08. The van der Waals surface area contributed by atoms with Crippen LogP contribution in [0.5, 0.6) is 0 Å². The molecule has 1 N–H and O–H groups in total. The van der Waals surface area contributed by atoms with Gasteiger partial charge in [-0.15, -0.1) is 0 Å². The maximum absolute atomic E-state index is 11.7. The van der Waals surface area contributed by atoms with Crippen molar-refractivity contribution in [2.24, 2.45) is 11.8 Å². The molecule has 1 saturated carbocycles. The molecule has 0 heterocycles. The molecule has 1 aliphatic carbocycles. The molecule has 1 rings (SSSR count). The summed E-state index contributed by atoms with van der Waals surface area (Å²) in [5.74, 6) is 0.436. The van der Waals surface area contributed by atoms with Gasteiger partial charge in [-0.3, -0.25) is 0 Å². The number of allylic oxidation sites excluding steroid dienone is 3. The molecule has 0 aromatic carbocycles. The normalized spacial score (nSPS) is 32.3.